The molecule has 14 heavy (non-hydrogen) atoms. The van der Waals surface area contributed by atoms with Crippen molar-refractivity contribution in [3.63, 3.8) is 0 Å². The molecule has 2 nitrogen and oxygen atoms in total. The van der Waals surface area contributed by atoms with Gasteiger partial charge in [-0.05, 0) is 30.7 Å². The van der Waals surface area contributed by atoms with Crippen LogP contribution in [0.2, 0.25) is 5.02 Å². The molecule has 0 aliphatic carbocycles. The van der Waals surface area contributed by atoms with Gasteiger partial charge >= 0.3 is 0 Å². The zero-order valence-electron chi connectivity index (χ0n) is 8.39. The molecule has 1 aliphatic heterocycles. The lowest BCUT2D eigenvalue weighted by molar-refractivity contribution is 0.589. The van der Waals surface area contributed by atoms with Crippen LogP contribution in [0.1, 0.15) is 5.56 Å². The molecule has 3 heteroatoms. The highest BCUT2D eigenvalue weighted by molar-refractivity contribution is 6.31. The number of hydrogen-bond donors (Lipinski definition) is 1. The Morgan fingerprint density at radius 3 is 2.64 bits per heavy atom. The monoisotopic (exact) mass is 210 g/mol. The third kappa shape index (κ3) is 2.02. The van der Waals surface area contributed by atoms with Crippen LogP contribution < -0.4 is 10.2 Å². The summed E-state index contributed by atoms with van der Waals surface area (Å²) in [6, 6.07) is 6.24. The fraction of sp³-hybridized carbons (Fsp3) is 0.455. The van der Waals surface area contributed by atoms with Crippen LogP contribution in [0, 0.1) is 6.92 Å². The maximum absolute atomic E-state index is 5.99. The Balaban J connectivity index is 2.18. The average molecular weight is 211 g/mol. The molecule has 1 heterocycles. The summed E-state index contributed by atoms with van der Waals surface area (Å²) in [5, 5.41) is 4.19. The van der Waals surface area contributed by atoms with Crippen molar-refractivity contribution in [2.75, 3.05) is 31.1 Å². The first-order valence-electron chi connectivity index (χ1n) is 4.99. The highest BCUT2D eigenvalue weighted by Crippen LogP contribution is 2.22. The average Bonchev–Trinajstić information content (AvgIpc) is 2.23. The summed E-state index contributed by atoms with van der Waals surface area (Å²) in [4.78, 5) is 2.39. The van der Waals surface area contributed by atoms with Gasteiger partial charge in [0.25, 0.3) is 0 Å². The van der Waals surface area contributed by atoms with E-state index in [2.05, 4.69) is 22.3 Å². The largest absolute Gasteiger partial charge is 0.369 e. The molecule has 0 atom stereocenters. The number of aryl methyl sites for hydroxylation is 1. The summed E-state index contributed by atoms with van der Waals surface area (Å²) in [5.41, 5.74) is 2.44. The van der Waals surface area contributed by atoms with Crippen LogP contribution in [0.3, 0.4) is 0 Å². The Labute approximate surface area is 89.9 Å². The minimum absolute atomic E-state index is 0.851. The van der Waals surface area contributed by atoms with E-state index in [1.54, 1.807) is 0 Å². The molecule has 2 rings (SSSR count). The van der Waals surface area contributed by atoms with Gasteiger partial charge in [-0.15, -0.1) is 0 Å². The smallest absolute Gasteiger partial charge is 0.0436 e. The summed E-state index contributed by atoms with van der Waals surface area (Å²) < 4.78 is 0. The second kappa shape index (κ2) is 4.20. The molecule has 0 unspecified atom stereocenters. The van der Waals surface area contributed by atoms with Crippen molar-refractivity contribution in [1.82, 2.24) is 5.32 Å². The topological polar surface area (TPSA) is 15.3 Å². The van der Waals surface area contributed by atoms with E-state index in [-0.39, 0.29) is 0 Å². The fourth-order valence-corrected chi connectivity index (χ4v) is 1.87. The lowest BCUT2D eigenvalue weighted by Crippen LogP contribution is -2.43. The first-order chi connectivity index (χ1) is 6.77. The van der Waals surface area contributed by atoms with E-state index in [4.69, 9.17) is 11.6 Å². The summed E-state index contributed by atoms with van der Waals surface area (Å²) in [5.74, 6) is 0. The van der Waals surface area contributed by atoms with Crippen LogP contribution in [0.15, 0.2) is 18.2 Å². The maximum atomic E-state index is 5.99. The van der Waals surface area contributed by atoms with Crippen LogP contribution in [0.4, 0.5) is 5.69 Å². The van der Waals surface area contributed by atoms with Crippen molar-refractivity contribution in [2.45, 2.75) is 6.92 Å². The Bertz CT molecular complexity index is 319. The lowest BCUT2D eigenvalue weighted by Gasteiger charge is -2.29. The zero-order chi connectivity index (χ0) is 9.97. The number of halogens is 1. The second-order valence-corrected chi connectivity index (χ2v) is 4.08. The number of piperazine rings is 1. The summed E-state index contributed by atoms with van der Waals surface area (Å²) >= 11 is 5.99. The Kier molecular flexibility index (Phi) is 2.94. The maximum Gasteiger partial charge on any atom is 0.0436 e. The van der Waals surface area contributed by atoms with Crippen LogP contribution in [-0.4, -0.2) is 26.2 Å². The molecular formula is C11H15ClN2. The Morgan fingerprint density at radius 1 is 1.29 bits per heavy atom. The highest BCUT2D eigenvalue weighted by Gasteiger charge is 2.10. The van der Waals surface area contributed by atoms with Gasteiger partial charge in [-0.25, -0.2) is 0 Å². The standard InChI is InChI=1S/C11H15ClN2/c1-9-8-10(2-3-11(9)12)14-6-4-13-5-7-14/h2-3,8,13H,4-7H2,1H3. The molecular weight excluding hydrogens is 196 g/mol. The molecule has 1 aliphatic rings. The van der Waals surface area contributed by atoms with E-state index in [9.17, 15) is 0 Å². The molecule has 0 saturated carbocycles. The van der Waals surface area contributed by atoms with E-state index in [1.807, 2.05) is 13.0 Å². The van der Waals surface area contributed by atoms with Crippen molar-refractivity contribution >= 4 is 17.3 Å². The lowest BCUT2D eigenvalue weighted by atomic mass is 10.2. The Hall–Kier alpha value is -0.730. The SMILES string of the molecule is Cc1cc(N2CCNCC2)ccc1Cl. The van der Waals surface area contributed by atoms with E-state index in [0.717, 1.165) is 36.8 Å². The molecule has 1 N–H and O–H groups in total. The second-order valence-electron chi connectivity index (χ2n) is 3.67. The third-order valence-electron chi connectivity index (χ3n) is 2.62. The number of hydrogen-bond acceptors (Lipinski definition) is 2. The molecule has 1 saturated heterocycles. The van der Waals surface area contributed by atoms with Crippen LogP contribution in [0.25, 0.3) is 0 Å². The van der Waals surface area contributed by atoms with Gasteiger partial charge in [0.1, 0.15) is 0 Å². The van der Waals surface area contributed by atoms with E-state index in [1.165, 1.54) is 5.69 Å². The van der Waals surface area contributed by atoms with Gasteiger partial charge in [0.2, 0.25) is 0 Å². The van der Waals surface area contributed by atoms with Crippen molar-refractivity contribution < 1.29 is 0 Å². The summed E-state index contributed by atoms with van der Waals surface area (Å²) in [7, 11) is 0. The van der Waals surface area contributed by atoms with Crippen LogP contribution >= 0.6 is 11.6 Å². The van der Waals surface area contributed by atoms with Gasteiger partial charge in [0.05, 0.1) is 0 Å². The van der Waals surface area contributed by atoms with Gasteiger partial charge in [0, 0.05) is 36.9 Å². The van der Waals surface area contributed by atoms with Gasteiger partial charge in [-0.3, -0.25) is 0 Å². The number of nitrogens with zero attached hydrogens (tertiary/aromatic N) is 1. The number of nitrogens with one attached hydrogen (secondary N) is 1. The number of benzene rings is 1. The van der Waals surface area contributed by atoms with Crippen molar-refractivity contribution in [1.29, 1.82) is 0 Å². The number of rotatable bonds is 1. The molecule has 0 spiro atoms. The first kappa shape index (κ1) is 9.81. The van der Waals surface area contributed by atoms with Crippen molar-refractivity contribution in [2.24, 2.45) is 0 Å². The predicted molar refractivity (Wildman–Crippen MR) is 61.3 cm³/mol. The van der Waals surface area contributed by atoms with Crippen LogP contribution in [-0.2, 0) is 0 Å². The fourth-order valence-electron chi connectivity index (χ4n) is 1.75. The van der Waals surface area contributed by atoms with Gasteiger partial charge in [-0.1, -0.05) is 11.6 Å². The Morgan fingerprint density at radius 2 is 2.00 bits per heavy atom. The third-order valence-corrected chi connectivity index (χ3v) is 3.05. The molecule has 0 radical (unpaired) electrons. The minimum atomic E-state index is 0.851. The van der Waals surface area contributed by atoms with Crippen molar-refractivity contribution in [3.8, 4) is 0 Å². The van der Waals surface area contributed by atoms with E-state index >= 15 is 0 Å². The van der Waals surface area contributed by atoms with E-state index in [0.29, 0.717) is 0 Å². The summed E-state index contributed by atoms with van der Waals surface area (Å²) in [6.07, 6.45) is 0. The van der Waals surface area contributed by atoms with Gasteiger partial charge < -0.3 is 10.2 Å². The highest BCUT2D eigenvalue weighted by atomic mass is 35.5. The quantitative estimate of drug-likeness (QED) is 0.764. The molecule has 0 amide bonds. The predicted octanol–water partition coefficient (Wildman–Crippen LogP) is 2.06. The molecule has 1 aromatic carbocycles. The first-order valence-corrected chi connectivity index (χ1v) is 5.37. The summed E-state index contributed by atoms with van der Waals surface area (Å²) in [6.45, 7) is 6.36. The zero-order valence-corrected chi connectivity index (χ0v) is 9.14. The molecule has 0 aromatic heterocycles. The van der Waals surface area contributed by atoms with Gasteiger partial charge in [0.15, 0.2) is 0 Å². The van der Waals surface area contributed by atoms with Crippen LogP contribution in [0.5, 0.6) is 0 Å². The molecule has 0 bridgehead atoms. The molecule has 1 fully saturated rings. The molecule has 76 valence electrons. The minimum Gasteiger partial charge on any atom is -0.369 e. The van der Waals surface area contributed by atoms with Crippen molar-refractivity contribution in [3.05, 3.63) is 28.8 Å². The molecule has 1 aromatic rings. The number of anilines is 1. The normalized spacial score (nSPS) is 17.1. The van der Waals surface area contributed by atoms with Gasteiger partial charge in [-0.2, -0.15) is 0 Å². The van der Waals surface area contributed by atoms with E-state index < -0.39 is 0 Å².